The molecule has 1 N–H and O–H groups in total. The third-order valence-electron chi connectivity index (χ3n) is 3.40. The van der Waals surface area contributed by atoms with E-state index in [9.17, 15) is 9.59 Å². The normalized spacial score (nSPS) is 23.3. The van der Waals surface area contributed by atoms with Gasteiger partial charge in [0.05, 0.1) is 12.3 Å². The van der Waals surface area contributed by atoms with Gasteiger partial charge in [0.2, 0.25) is 5.91 Å². The molecule has 0 bridgehead atoms. The molecule has 4 nitrogen and oxygen atoms in total. The van der Waals surface area contributed by atoms with Crippen LogP contribution in [0.2, 0.25) is 0 Å². The highest BCUT2D eigenvalue weighted by Gasteiger charge is 2.36. The molecule has 0 unspecified atom stereocenters. The van der Waals surface area contributed by atoms with Crippen LogP contribution in [0.15, 0.2) is 12.1 Å². The van der Waals surface area contributed by atoms with Crippen LogP contribution < -0.4 is 0 Å². The van der Waals surface area contributed by atoms with Crippen molar-refractivity contribution in [1.29, 1.82) is 0 Å². The van der Waals surface area contributed by atoms with Crippen LogP contribution in [0.3, 0.4) is 0 Å². The van der Waals surface area contributed by atoms with Crippen LogP contribution in [-0.2, 0) is 16.0 Å². The SMILES string of the molecule is Cc1ccc(CC(=O)N2C[C@@H](C)[C@H](C(=O)O)C2)s1. The largest absolute Gasteiger partial charge is 0.481 e. The van der Waals surface area contributed by atoms with Gasteiger partial charge in [-0.05, 0) is 25.0 Å². The zero-order valence-corrected chi connectivity index (χ0v) is 11.4. The molecule has 0 saturated carbocycles. The summed E-state index contributed by atoms with van der Waals surface area (Å²) in [5.41, 5.74) is 0. The van der Waals surface area contributed by atoms with Crippen LogP contribution >= 0.6 is 11.3 Å². The number of thiophene rings is 1. The van der Waals surface area contributed by atoms with E-state index in [-0.39, 0.29) is 11.8 Å². The van der Waals surface area contributed by atoms with E-state index in [1.165, 1.54) is 4.88 Å². The number of likely N-dealkylation sites (tertiary alicyclic amines) is 1. The van der Waals surface area contributed by atoms with E-state index in [1.807, 2.05) is 26.0 Å². The van der Waals surface area contributed by atoms with Crippen molar-refractivity contribution in [3.05, 3.63) is 21.9 Å². The number of carbonyl (C=O) groups excluding carboxylic acids is 1. The molecular weight excluding hydrogens is 250 g/mol. The zero-order chi connectivity index (χ0) is 13.3. The van der Waals surface area contributed by atoms with E-state index in [0.29, 0.717) is 19.5 Å². The minimum absolute atomic E-state index is 0.0347. The fourth-order valence-electron chi connectivity index (χ4n) is 2.33. The topological polar surface area (TPSA) is 57.6 Å². The summed E-state index contributed by atoms with van der Waals surface area (Å²) in [5, 5.41) is 9.04. The second-order valence-electron chi connectivity index (χ2n) is 4.91. The number of aryl methyl sites for hydroxylation is 1. The zero-order valence-electron chi connectivity index (χ0n) is 10.5. The molecule has 1 fully saturated rings. The molecule has 1 amide bonds. The van der Waals surface area contributed by atoms with E-state index in [1.54, 1.807) is 16.2 Å². The number of hydrogen-bond acceptors (Lipinski definition) is 3. The summed E-state index contributed by atoms with van der Waals surface area (Å²) < 4.78 is 0. The van der Waals surface area contributed by atoms with Gasteiger partial charge >= 0.3 is 5.97 Å². The third kappa shape index (κ3) is 2.72. The second kappa shape index (κ2) is 5.10. The van der Waals surface area contributed by atoms with Gasteiger partial charge in [0.15, 0.2) is 0 Å². The van der Waals surface area contributed by atoms with Gasteiger partial charge in [-0.1, -0.05) is 6.92 Å². The van der Waals surface area contributed by atoms with Crippen LogP contribution in [-0.4, -0.2) is 35.0 Å². The number of carboxylic acid groups (broad SMARTS) is 1. The molecule has 1 aliphatic rings. The van der Waals surface area contributed by atoms with E-state index < -0.39 is 11.9 Å². The number of aliphatic carboxylic acids is 1. The summed E-state index contributed by atoms with van der Waals surface area (Å²) in [6, 6.07) is 3.96. The van der Waals surface area contributed by atoms with Crippen molar-refractivity contribution in [2.75, 3.05) is 13.1 Å². The average molecular weight is 267 g/mol. The molecule has 18 heavy (non-hydrogen) atoms. The summed E-state index contributed by atoms with van der Waals surface area (Å²) in [6.45, 7) is 4.80. The lowest BCUT2D eigenvalue weighted by Crippen LogP contribution is -2.31. The van der Waals surface area contributed by atoms with Gasteiger partial charge in [0.25, 0.3) is 0 Å². The van der Waals surface area contributed by atoms with Crippen LogP contribution in [0.4, 0.5) is 0 Å². The fourth-order valence-corrected chi connectivity index (χ4v) is 3.21. The summed E-state index contributed by atoms with van der Waals surface area (Å²) >= 11 is 1.62. The Morgan fingerprint density at radius 3 is 2.67 bits per heavy atom. The van der Waals surface area contributed by atoms with Crippen LogP contribution in [0, 0.1) is 18.8 Å². The summed E-state index contributed by atoms with van der Waals surface area (Å²) in [6.07, 6.45) is 0.386. The lowest BCUT2D eigenvalue weighted by Gasteiger charge is -2.15. The smallest absolute Gasteiger partial charge is 0.308 e. The van der Waals surface area contributed by atoms with Crippen molar-refractivity contribution in [3.8, 4) is 0 Å². The Kier molecular flexibility index (Phi) is 3.71. The predicted molar refractivity (Wildman–Crippen MR) is 69.6 cm³/mol. The number of nitrogens with zero attached hydrogens (tertiary/aromatic N) is 1. The summed E-state index contributed by atoms with van der Waals surface area (Å²) in [7, 11) is 0. The van der Waals surface area contributed by atoms with E-state index in [4.69, 9.17) is 5.11 Å². The van der Waals surface area contributed by atoms with Crippen LogP contribution in [0.1, 0.15) is 16.7 Å². The molecular formula is C13H17NO3S. The second-order valence-corrected chi connectivity index (χ2v) is 6.28. The molecule has 0 aliphatic carbocycles. The molecule has 2 heterocycles. The van der Waals surface area contributed by atoms with Crippen molar-refractivity contribution in [2.45, 2.75) is 20.3 Å². The highest BCUT2D eigenvalue weighted by Crippen LogP contribution is 2.24. The lowest BCUT2D eigenvalue weighted by atomic mass is 9.99. The average Bonchev–Trinajstić information content (AvgIpc) is 2.85. The first-order valence-corrected chi connectivity index (χ1v) is 6.85. The minimum atomic E-state index is -0.801. The third-order valence-corrected chi connectivity index (χ3v) is 4.40. The Bertz CT molecular complexity index is 469. The molecule has 2 rings (SSSR count). The summed E-state index contributed by atoms with van der Waals surface area (Å²) in [5.74, 6) is -1.15. The van der Waals surface area contributed by atoms with Gasteiger partial charge < -0.3 is 10.0 Å². The van der Waals surface area contributed by atoms with E-state index in [2.05, 4.69) is 0 Å². The van der Waals surface area contributed by atoms with Gasteiger partial charge in [-0.25, -0.2) is 0 Å². The molecule has 1 aromatic heterocycles. The molecule has 1 saturated heterocycles. The maximum absolute atomic E-state index is 12.1. The predicted octanol–water partition coefficient (Wildman–Crippen LogP) is 1.78. The van der Waals surface area contributed by atoms with Crippen molar-refractivity contribution in [1.82, 2.24) is 4.90 Å². The van der Waals surface area contributed by atoms with Gasteiger partial charge in [-0.3, -0.25) is 9.59 Å². The molecule has 98 valence electrons. The Labute approximate surface area is 110 Å². The number of carbonyl (C=O) groups is 2. The van der Waals surface area contributed by atoms with Gasteiger partial charge in [0.1, 0.15) is 0 Å². The van der Waals surface area contributed by atoms with Crippen molar-refractivity contribution in [3.63, 3.8) is 0 Å². The van der Waals surface area contributed by atoms with E-state index in [0.717, 1.165) is 4.88 Å². The number of hydrogen-bond donors (Lipinski definition) is 1. The monoisotopic (exact) mass is 267 g/mol. The quantitative estimate of drug-likeness (QED) is 0.908. The first-order chi connectivity index (χ1) is 8.47. The maximum atomic E-state index is 12.1. The molecule has 0 aromatic carbocycles. The maximum Gasteiger partial charge on any atom is 0.308 e. The minimum Gasteiger partial charge on any atom is -0.481 e. The number of rotatable bonds is 3. The standard InChI is InChI=1S/C13H17NO3S/c1-8-6-14(7-11(8)13(16)17)12(15)5-10-4-3-9(2)18-10/h3-4,8,11H,5-7H2,1-2H3,(H,16,17)/t8-,11-/m1/s1. The molecule has 5 heteroatoms. The molecule has 1 aliphatic heterocycles. The van der Waals surface area contributed by atoms with E-state index >= 15 is 0 Å². The Morgan fingerprint density at radius 2 is 2.17 bits per heavy atom. The Hall–Kier alpha value is -1.36. The van der Waals surface area contributed by atoms with Crippen molar-refractivity contribution >= 4 is 23.2 Å². The first-order valence-electron chi connectivity index (χ1n) is 6.03. The molecule has 1 aromatic rings. The molecule has 0 spiro atoms. The van der Waals surface area contributed by atoms with Crippen LogP contribution in [0.25, 0.3) is 0 Å². The highest BCUT2D eigenvalue weighted by molar-refractivity contribution is 7.12. The van der Waals surface area contributed by atoms with Gasteiger partial charge in [-0.15, -0.1) is 11.3 Å². The highest BCUT2D eigenvalue weighted by atomic mass is 32.1. The lowest BCUT2D eigenvalue weighted by molar-refractivity contribution is -0.142. The number of carboxylic acids is 1. The van der Waals surface area contributed by atoms with Crippen molar-refractivity contribution < 1.29 is 14.7 Å². The van der Waals surface area contributed by atoms with Gasteiger partial charge in [-0.2, -0.15) is 0 Å². The summed E-state index contributed by atoms with van der Waals surface area (Å²) in [4.78, 5) is 27.0. The number of amides is 1. The Morgan fingerprint density at radius 1 is 1.44 bits per heavy atom. The fraction of sp³-hybridized carbons (Fsp3) is 0.538. The Balaban J connectivity index is 1.97. The van der Waals surface area contributed by atoms with Crippen molar-refractivity contribution in [2.24, 2.45) is 11.8 Å². The van der Waals surface area contributed by atoms with Crippen LogP contribution in [0.5, 0.6) is 0 Å². The molecule has 2 atom stereocenters. The first kappa shape index (κ1) is 13.1. The molecule has 0 radical (unpaired) electrons. The van der Waals surface area contributed by atoms with Gasteiger partial charge in [0, 0.05) is 22.8 Å².